The van der Waals surface area contributed by atoms with E-state index < -0.39 is 23.4 Å². The molecule has 2 N–H and O–H groups in total. The fourth-order valence-corrected chi connectivity index (χ4v) is 4.53. The molecule has 28 heavy (non-hydrogen) atoms. The van der Waals surface area contributed by atoms with E-state index in [-0.39, 0.29) is 5.92 Å². The van der Waals surface area contributed by atoms with Gasteiger partial charge < -0.3 is 14.9 Å². The van der Waals surface area contributed by atoms with E-state index in [0.29, 0.717) is 5.56 Å². The first-order valence-corrected chi connectivity index (χ1v) is 9.76. The molecule has 0 aliphatic carbocycles. The summed E-state index contributed by atoms with van der Waals surface area (Å²) in [7, 11) is 0. The van der Waals surface area contributed by atoms with E-state index in [0.717, 1.165) is 11.1 Å². The van der Waals surface area contributed by atoms with Gasteiger partial charge in [0, 0.05) is 17.4 Å². The molecule has 0 bridgehead atoms. The Kier molecular flexibility index (Phi) is 4.84. The van der Waals surface area contributed by atoms with E-state index in [1.165, 1.54) is 0 Å². The first-order valence-electron chi connectivity index (χ1n) is 9.76. The summed E-state index contributed by atoms with van der Waals surface area (Å²) in [6.07, 6.45) is -0.465. The summed E-state index contributed by atoms with van der Waals surface area (Å²) in [5.74, 6) is -2.48. The molecule has 0 spiro atoms. The minimum atomic E-state index is -1.63. The molecule has 0 saturated carbocycles. The van der Waals surface area contributed by atoms with Crippen molar-refractivity contribution < 1.29 is 14.9 Å². The predicted molar refractivity (Wildman–Crippen MR) is 109 cm³/mol. The Labute approximate surface area is 166 Å². The number of rotatable bonds is 3. The van der Waals surface area contributed by atoms with Crippen molar-refractivity contribution >= 4 is 0 Å². The molecule has 0 radical (unpaired) electrons. The second kappa shape index (κ2) is 7.17. The van der Waals surface area contributed by atoms with Crippen molar-refractivity contribution in [2.75, 3.05) is 0 Å². The zero-order valence-electron chi connectivity index (χ0n) is 16.2. The Balaban J connectivity index is 1.90. The van der Waals surface area contributed by atoms with Crippen LogP contribution in [0.25, 0.3) is 0 Å². The fraction of sp³-hybridized carbons (Fsp3) is 0.280. The molecular weight excluding hydrogens is 348 g/mol. The average molecular weight is 374 g/mol. The molecule has 0 amide bonds. The number of ether oxygens (including phenoxy) is 1. The summed E-state index contributed by atoms with van der Waals surface area (Å²) in [5, 5.41) is 23.8. The van der Waals surface area contributed by atoms with Gasteiger partial charge in [0.15, 0.2) is 5.79 Å². The number of aliphatic hydroxyl groups is 2. The van der Waals surface area contributed by atoms with Crippen molar-refractivity contribution in [3.05, 3.63) is 108 Å². The van der Waals surface area contributed by atoms with E-state index in [9.17, 15) is 10.2 Å². The van der Waals surface area contributed by atoms with Crippen LogP contribution in [0.5, 0.6) is 0 Å². The van der Waals surface area contributed by atoms with Gasteiger partial charge in [-0.05, 0) is 11.1 Å². The van der Waals surface area contributed by atoms with Crippen LogP contribution in [0.3, 0.4) is 0 Å². The maximum atomic E-state index is 12.1. The highest BCUT2D eigenvalue weighted by Gasteiger charge is 2.59. The summed E-state index contributed by atoms with van der Waals surface area (Å²) in [5.41, 5.74) is 1.09. The quantitative estimate of drug-likeness (QED) is 0.695. The van der Waals surface area contributed by atoms with Crippen LogP contribution in [0.2, 0.25) is 0 Å². The molecule has 1 aliphatic heterocycles. The van der Waals surface area contributed by atoms with Gasteiger partial charge in [-0.15, -0.1) is 0 Å². The minimum Gasteiger partial charge on any atom is -0.384 e. The molecule has 1 fully saturated rings. The number of hydrogen-bond acceptors (Lipinski definition) is 3. The fourth-order valence-electron chi connectivity index (χ4n) is 4.53. The molecule has 3 heteroatoms. The van der Waals surface area contributed by atoms with E-state index in [1.807, 2.05) is 105 Å². The summed E-state index contributed by atoms with van der Waals surface area (Å²) >= 11 is 0. The summed E-state index contributed by atoms with van der Waals surface area (Å²) in [6, 6.07) is 28.8. The van der Waals surface area contributed by atoms with Crippen molar-refractivity contribution in [1.29, 1.82) is 0 Å². The summed E-state index contributed by atoms with van der Waals surface area (Å²) in [6.45, 7) is 3.85. The Bertz CT molecular complexity index is 912. The van der Waals surface area contributed by atoms with Crippen LogP contribution in [-0.4, -0.2) is 10.2 Å². The number of benzene rings is 3. The van der Waals surface area contributed by atoms with E-state index in [2.05, 4.69) is 0 Å². The third-order valence-electron chi connectivity index (χ3n) is 6.25. The maximum Gasteiger partial charge on any atom is 0.198 e. The molecule has 1 saturated heterocycles. The van der Waals surface area contributed by atoms with Gasteiger partial charge in [0.2, 0.25) is 0 Å². The first kappa shape index (κ1) is 18.9. The van der Waals surface area contributed by atoms with Gasteiger partial charge >= 0.3 is 0 Å². The molecule has 3 aromatic carbocycles. The van der Waals surface area contributed by atoms with Gasteiger partial charge in [0.25, 0.3) is 0 Å². The molecule has 4 rings (SSSR count). The Morgan fingerprint density at radius 1 is 0.679 bits per heavy atom. The molecular formula is C25H26O3. The molecule has 3 aromatic rings. The smallest absolute Gasteiger partial charge is 0.198 e. The average Bonchev–Trinajstić information content (AvgIpc) is 2.77. The van der Waals surface area contributed by atoms with Crippen LogP contribution in [0.1, 0.15) is 36.6 Å². The van der Waals surface area contributed by atoms with Crippen molar-refractivity contribution in [1.82, 2.24) is 0 Å². The highest BCUT2D eigenvalue weighted by molar-refractivity contribution is 5.32. The Morgan fingerprint density at radius 2 is 1.14 bits per heavy atom. The maximum absolute atomic E-state index is 12.1. The Hall–Kier alpha value is -2.46. The lowest BCUT2D eigenvalue weighted by Crippen LogP contribution is -2.58. The van der Waals surface area contributed by atoms with Crippen LogP contribution in [0.15, 0.2) is 91.0 Å². The molecule has 3 nitrogen and oxygen atoms in total. The minimum absolute atomic E-state index is 0.267. The van der Waals surface area contributed by atoms with Crippen molar-refractivity contribution in [2.24, 2.45) is 11.8 Å². The van der Waals surface area contributed by atoms with Crippen molar-refractivity contribution in [3.63, 3.8) is 0 Å². The molecule has 0 aromatic heterocycles. The van der Waals surface area contributed by atoms with Gasteiger partial charge in [-0.25, -0.2) is 0 Å². The highest BCUT2D eigenvalue weighted by atomic mass is 16.6. The molecule has 1 heterocycles. The van der Waals surface area contributed by atoms with Gasteiger partial charge in [-0.1, -0.05) is 105 Å². The van der Waals surface area contributed by atoms with Crippen LogP contribution >= 0.6 is 0 Å². The van der Waals surface area contributed by atoms with Crippen LogP contribution in [0, 0.1) is 11.8 Å². The second-order valence-corrected chi connectivity index (χ2v) is 7.71. The Morgan fingerprint density at radius 3 is 1.68 bits per heavy atom. The zero-order valence-corrected chi connectivity index (χ0v) is 16.2. The summed E-state index contributed by atoms with van der Waals surface area (Å²) in [4.78, 5) is 0. The number of hydrogen-bond donors (Lipinski definition) is 2. The lowest BCUT2D eigenvalue weighted by molar-refractivity contribution is -0.359. The van der Waals surface area contributed by atoms with Gasteiger partial charge in [0.05, 0.1) is 6.10 Å². The monoisotopic (exact) mass is 374 g/mol. The lowest BCUT2D eigenvalue weighted by Gasteiger charge is -2.55. The van der Waals surface area contributed by atoms with Gasteiger partial charge in [0.1, 0.15) is 5.60 Å². The molecule has 0 unspecified atom stereocenters. The molecule has 144 valence electrons. The van der Waals surface area contributed by atoms with Crippen LogP contribution < -0.4 is 0 Å². The van der Waals surface area contributed by atoms with Crippen LogP contribution in [0.4, 0.5) is 0 Å². The normalized spacial score (nSPS) is 32.8. The SMILES string of the molecule is C[C@@H]1[C@@H](c2ccccc2)O[C@@](O)(c2ccccc2)[C@H](C)[C@@]1(O)c1ccccc1. The van der Waals surface area contributed by atoms with E-state index >= 15 is 0 Å². The third kappa shape index (κ3) is 2.87. The highest BCUT2D eigenvalue weighted by Crippen LogP contribution is 2.56. The second-order valence-electron chi connectivity index (χ2n) is 7.71. The summed E-state index contributed by atoms with van der Waals surface area (Å²) < 4.78 is 6.38. The zero-order chi connectivity index (χ0) is 19.8. The van der Waals surface area contributed by atoms with E-state index in [1.54, 1.807) is 0 Å². The predicted octanol–water partition coefficient (Wildman–Crippen LogP) is 4.76. The van der Waals surface area contributed by atoms with E-state index in [4.69, 9.17) is 4.74 Å². The first-order chi connectivity index (χ1) is 13.5. The van der Waals surface area contributed by atoms with Gasteiger partial charge in [-0.2, -0.15) is 0 Å². The lowest BCUT2D eigenvalue weighted by atomic mass is 9.64. The van der Waals surface area contributed by atoms with Crippen molar-refractivity contribution in [3.8, 4) is 0 Å². The van der Waals surface area contributed by atoms with Gasteiger partial charge in [-0.3, -0.25) is 0 Å². The van der Waals surface area contributed by atoms with Crippen molar-refractivity contribution in [2.45, 2.75) is 31.3 Å². The van der Waals surface area contributed by atoms with Crippen LogP contribution in [-0.2, 0) is 16.1 Å². The molecule has 5 atom stereocenters. The molecule has 1 aliphatic rings. The standard InChI is InChI=1S/C25H26O3/c1-18-23(20-12-6-3-7-13-20)28-25(27,22-16-10-5-11-17-22)19(2)24(18,26)21-14-8-4-9-15-21/h3-19,23,26-27H,1-2H3/t18-,19-,23+,24-,25-/m1/s1. The topological polar surface area (TPSA) is 49.7 Å². The third-order valence-corrected chi connectivity index (χ3v) is 6.25. The largest absolute Gasteiger partial charge is 0.384 e.